The average molecular weight is 441 g/mol. The van der Waals surface area contributed by atoms with E-state index >= 15 is 0 Å². The second-order valence-electron chi connectivity index (χ2n) is 7.45. The number of amides is 1. The number of aromatic nitrogens is 1. The molecule has 8 heteroatoms. The van der Waals surface area contributed by atoms with Crippen molar-refractivity contribution >= 4 is 29.0 Å². The van der Waals surface area contributed by atoms with Gasteiger partial charge in [0.15, 0.2) is 0 Å². The number of benzene rings is 2. The zero-order chi connectivity index (χ0) is 21.8. The summed E-state index contributed by atoms with van der Waals surface area (Å²) in [6.07, 6.45) is 2.48. The fourth-order valence-corrected chi connectivity index (χ4v) is 3.72. The van der Waals surface area contributed by atoms with Gasteiger partial charge in [0.05, 0.1) is 5.56 Å². The van der Waals surface area contributed by atoms with Crippen LogP contribution in [0.4, 0.5) is 15.9 Å². The van der Waals surface area contributed by atoms with Crippen LogP contribution in [0.25, 0.3) is 0 Å². The third kappa shape index (κ3) is 5.31. The second kappa shape index (κ2) is 9.32. The molecule has 1 aromatic heterocycles. The molecule has 1 aliphatic heterocycles. The molecule has 0 bridgehead atoms. The lowest BCUT2D eigenvalue weighted by molar-refractivity contribution is 0.102. The first-order valence-electron chi connectivity index (χ1n) is 9.96. The number of nitrogens with one attached hydrogen (secondary N) is 2. The molecule has 0 unspecified atom stereocenters. The number of nitrogens with zero attached hydrogens (tertiary/aromatic N) is 2. The summed E-state index contributed by atoms with van der Waals surface area (Å²) < 4.78 is 13.0. The highest BCUT2D eigenvalue weighted by Crippen LogP contribution is 2.23. The number of aromatic hydroxyl groups is 1. The molecule has 31 heavy (non-hydrogen) atoms. The maximum Gasteiger partial charge on any atom is 0.257 e. The summed E-state index contributed by atoms with van der Waals surface area (Å²) in [6.45, 7) is 2.14. The molecule has 0 spiro atoms. The predicted molar refractivity (Wildman–Crippen MR) is 119 cm³/mol. The first-order valence-corrected chi connectivity index (χ1v) is 10.3. The Hall–Kier alpha value is -3.16. The van der Waals surface area contributed by atoms with Gasteiger partial charge in [0.1, 0.15) is 17.4 Å². The van der Waals surface area contributed by atoms with Gasteiger partial charge in [-0.3, -0.25) is 4.79 Å². The monoisotopic (exact) mass is 440 g/mol. The molecule has 0 radical (unpaired) electrons. The highest BCUT2D eigenvalue weighted by Gasteiger charge is 2.23. The number of rotatable bonds is 6. The molecule has 1 aliphatic rings. The fourth-order valence-electron chi connectivity index (χ4n) is 3.53. The fraction of sp³-hybridized carbons (Fsp3) is 0.217. The van der Waals surface area contributed by atoms with Crippen LogP contribution < -0.4 is 15.5 Å². The van der Waals surface area contributed by atoms with Crippen LogP contribution in [-0.4, -0.2) is 35.1 Å². The standard InChI is InChI=1S/C23H22ClFN4O2/c24-17-2-7-21(30)16(11-17)13-26-20-9-10-29(14-20)22-8-1-15(12-27-22)23(31)28-19-5-3-18(25)4-6-19/h1-8,11-12,20,26,30H,9-10,13-14H2,(H,28,31)/t20-/m1/s1. The molecule has 160 valence electrons. The normalized spacial score (nSPS) is 15.8. The lowest BCUT2D eigenvalue weighted by Crippen LogP contribution is -2.32. The summed E-state index contributed by atoms with van der Waals surface area (Å²) >= 11 is 6.00. The third-order valence-corrected chi connectivity index (χ3v) is 5.48. The first-order chi connectivity index (χ1) is 15.0. The third-order valence-electron chi connectivity index (χ3n) is 5.25. The highest BCUT2D eigenvalue weighted by molar-refractivity contribution is 6.30. The summed E-state index contributed by atoms with van der Waals surface area (Å²) in [5.74, 6) is 0.371. The largest absolute Gasteiger partial charge is 0.508 e. The number of phenolic OH excluding ortho intramolecular Hbond substituents is 1. The van der Waals surface area contributed by atoms with E-state index in [-0.39, 0.29) is 23.5 Å². The highest BCUT2D eigenvalue weighted by atomic mass is 35.5. The van der Waals surface area contributed by atoms with Crippen LogP contribution >= 0.6 is 11.6 Å². The lowest BCUT2D eigenvalue weighted by Gasteiger charge is -2.18. The van der Waals surface area contributed by atoms with Crippen molar-refractivity contribution in [2.24, 2.45) is 0 Å². The number of anilines is 2. The van der Waals surface area contributed by atoms with Crippen LogP contribution in [-0.2, 0) is 6.54 Å². The van der Waals surface area contributed by atoms with E-state index in [1.54, 1.807) is 30.5 Å². The summed E-state index contributed by atoms with van der Waals surface area (Å²) in [4.78, 5) is 18.9. The topological polar surface area (TPSA) is 77.5 Å². The van der Waals surface area contributed by atoms with Crippen molar-refractivity contribution in [2.45, 2.75) is 19.0 Å². The number of hydrogen-bond donors (Lipinski definition) is 3. The van der Waals surface area contributed by atoms with Gasteiger partial charge in [0, 0.05) is 48.1 Å². The van der Waals surface area contributed by atoms with E-state index in [1.807, 2.05) is 6.07 Å². The van der Waals surface area contributed by atoms with Gasteiger partial charge in [-0.1, -0.05) is 11.6 Å². The Morgan fingerprint density at radius 2 is 2.00 bits per heavy atom. The average Bonchev–Trinajstić information content (AvgIpc) is 3.25. The Morgan fingerprint density at radius 1 is 1.19 bits per heavy atom. The molecule has 0 aliphatic carbocycles. The zero-order valence-electron chi connectivity index (χ0n) is 16.7. The van der Waals surface area contributed by atoms with Crippen LogP contribution in [0.5, 0.6) is 5.75 Å². The molecule has 2 heterocycles. The van der Waals surface area contributed by atoms with E-state index in [9.17, 15) is 14.3 Å². The molecule has 1 fully saturated rings. The van der Waals surface area contributed by atoms with Gasteiger partial charge < -0.3 is 20.6 Å². The SMILES string of the molecule is O=C(Nc1ccc(F)cc1)c1ccc(N2CC[C@@H](NCc3cc(Cl)ccc3O)C2)nc1. The number of carbonyl (C=O) groups is 1. The molecule has 3 N–H and O–H groups in total. The van der Waals surface area contributed by atoms with Crippen LogP contribution in [0.1, 0.15) is 22.3 Å². The minimum Gasteiger partial charge on any atom is -0.508 e. The Morgan fingerprint density at radius 3 is 2.74 bits per heavy atom. The van der Waals surface area contributed by atoms with Crippen molar-refractivity contribution in [3.63, 3.8) is 0 Å². The summed E-state index contributed by atoms with van der Waals surface area (Å²) in [5.41, 5.74) is 1.72. The summed E-state index contributed by atoms with van der Waals surface area (Å²) in [7, 11) is 0. The van der Waals surface area contributed by atoms with Gasteiger partial charge in [-0.15, -0.1) is 0 Å². The Labute approximate surface area is 184 Å². The van der Waals surface area contributed by atoms with Gasteiger partial charge in [0.25, 0.3) is 5.91 Å². The van der Waals surface area contributed by atoms with E-state index in [0.29, 0.717) is 22.8 Å². The zero-order valence-corrected chi connectivity index (χ0v) is 17.4. The van der Waals surface area contributed by atoms with E-state index in [4.69, 9.17) is 11.6 Å². The summed E-state index contributed by atoms with van der Waals surface area (Å²) in [5, 5.41) is 16.7. The van der Waals surface area contributed by atoms with Crippen molar-refractivity contribution < 1.29 is 14.3 Å². The Bertz CT molecular complexity index is 1060. The molecule has 2 aromatic carbocycles. The molecular weight excluding hydrogens is 419 g/mol. The summed E-state index contributed by atoms with van der Waals surface area (Å²) in [6, 6.07) is 14.4. The molecular formula is C23H22ClFN4O2. The second-order valence-corrected chi connectivity index (χ2v) is 7.89. The van der Waals surface area contributed by atoms with Crippen LogP contribution in [0.3, 0.4) is 0 Å². The quantitative estimate of drug-likeness (QED) is 0.535. The number of pyridine rings is 1. The molecule has 1 saturated heterocycles. The molecule has 0 saturated carbocycles. The van der Waals surface area contributed by atoms with Gasteiger partial charge >= 0.3 is 0 Å². The van der Waals surface area contributed by atoms with Crippen LogP contribution in [0.2, 0.25) is 5.02 Å². The lowest BCUT2D eigenvalue weighted by atomic mass is 10.2. The number of carbonyl (C=O) groups excluding carboxylic acids is 1. The number of hydrogen-bond acceptors (Lipinski definition) is 5. The van der Waals surface area contributed by atoms with Crippen molar-refractivity contribution in [3.05, 3.63) is 82.8 Å². The molecule has 1 amide bonds. The Balaban J connectivity index is 1.31. The maximum absolute atomic E-state index is 13.0. The minimum absolute atomic E-state index is 0.225. The molecule has 1 atom stereocenters. The van der Waals surface area contributed by atoms with Gasteiger partial charge in [-0.05, 0) is 61.0 Å². The number of halogens is 2. The smallest absolute Gasteiger partial charge is 0.257 e. The van der Waals surface area contributed by atoms with Gasteiger partial charge in [-0.25, -0.2) is 9.37 Å². The van der Waals surface area contributed by atoms with Crippen LogP contribution in [0.15, 0.2) is 60.8 Å². The Kier molecular flexibility index (Phi) is 6.34. The first kappa shape index (κ1) is 21.1. The van der Waals surface area contributed by atoms with E-state index in [1.165, 1.54) is 24.3 Å². The predicted octanol–water partition coefficient (Wildman–Crippen LogP) is 4.20. The van der Waals surface area contributed by atoms with Crippen LogP contribution in [0, 0.1) is 5.82 Å². The van der Waals surface area contributed by atoms with Crippen molar-refractivity contribution in [1.82, 2.24) is 10.3 Å². The van der Waals surface area contributed by atoms with Gasteiger partial charge in [0.2, 0.25) is 0 Å². The van der Waals surface area contributed by atoms with E-state index in [0.717, 1.165) is 30.9 Å². The minimum atomic E-state index is -0.355. The van der Waals surface area contributed by atoms with Crippen molar-refractivity contribution in [1.29, 1.82) is 0 Å². The van der Waals surface area contributed by atoms with Crippen molar-refractivity contribution in [3.8, 4) is 5.75 Å². The molecule has 3 aromatic rings. The van der Waals surface area contributed by atoms with Gasteiger partial charge in [-0.2, -0.15) is 0 Å². The van der Waals surface area contributed by atoms with E-state index in [2.05, 4.69) is 20.5 Å². The molecule has 6 nitrogen and oxygen atoms in total. The van der Waals surface area contributed by atoms with Crippen molar-refractivity contribution in [2.75, 3.05) is 23.3 Å². The molecule has 4 rings (SSSR count). The maximum atomic E-state index is 13.0. The number of phenols is 1. The van der Waals surface area contributed by atoms with E-state index < -0.39 is 0 Å².